The third kappa shape index (κ3) is 2.39. The number of carbonyl (C=O) groups is 1. The van der Waals surface area contributed by atoms with Crippen molar-refractivity contribution in [1.82, 2.24) is 15.5 Å². The van der Waals surface area contributed by atoms with Gasteiger partial charge in [-0.1, -0.05) is 0 Å². The standard InChI is InChI=1S/C17H25N3O/c1-11(19-16(21)7-15-2-3-18-20-15)17-8-12-4-13(9-17)6-14(5-12)10-17/h2-3,11-14H,4-10H2,1H3,(H,18,20)(H,19,21). The Kier molecular flexibility index (Phi) is 3.09. The van der Waals surface area contributed by atoms with Gasteiger partial charge in [0, 0.05) is 17.9 Å². The number of aromatic nitrogens is 2. The molecule has 1 amide bonds. The first kappa shape index (κ1) is 13.4. The second kappa shape index (κ2) is 4.85. The van der Waals surface area contributed by atoms with Crippen molar-refractivity contribution in [2.24, 2.45) is 23.2 Å². The van der Waals surface area contributed by atoms with Crippen LogP contribution in [0.15, 0.2) is 12.3 Å². The molecule has 1 aromatic heterocycles. The van der Waals surface area contributed by atoms with Crippen molar-refractivity contribution in [1.29, 1.82) is 0 Å². The van der Waals surface area contributed by atoms with Crippen molar-refractivity contribution < 1.29 is 4.79 Å². The Balaban J connectivity index is 1.42. The summed E-state index contributed by atoms with van der Waals surface area (Å²) < 4.78 is 0. The molecule has 5 rings (SSSR count). The Hall–Kier alpha value is -1.32. The first-order valence-corrected chi connectivity index (χ1v) is 8.40. The highest BCUT2D eigenvalue weighted by molar-refractivity contribution is 5.78. The van der Waals surface area contributed by atoms with Gasteiger partial charge in [-0.05, 0) is 74.7 Å². The average molecular weight is 287 g/mol. The van der Waals surface area contributed by atoms with Gasteiger partial charge in [0.25, 0.3) is 0 Å². The molecule has 1 aromatic rings. The Labute approximate surface area is 126 Å². The van der Waals surface area contributed by atoms with Gasteiger partial charge >= 0.3 is 0 Å². The molecular weight excluding hydrogens is 262 g/mol. The molecule has 0 spiro atoms. The fourth-order valence-corrected chi connectivity index (χ4v) is 5.71. The van der Waals surface area contributed by atoms with Crippen molar-refractivity contribution in [3.63, 3.8) is 0 Å². The lowest BCUT2D eigenvalue weighted by Gasteiger charge is -2.59. The lowest BCUT2D eigenvalue weighted by molar-refractivity contribution is -0.125. The lowest BCUT2D eigenvalue weighted by atomic mass is 9.48. The van der Waals surface area contributed by atoms with Crippen LogP contribution in [0.4, 0.5) is 0 Å². The number of hydrogen-bond acceptors (Lipinski definition) is 2. The molecule has 114 valence electrons. The van der Waals surface area contributed by atoms with Crippen LogP contribution < -0.4 is 5.32 Å². The summed E-state index contributed by atoms with van der Waals surface area (Å²) in [5, 5.41) is 10.1. The second-order valence-corrected chi connectivity index (χ2v) is 7.83. The maximum atomic E-state index is 12.3. The number of aromatic amines is 1. The summed E-state index contributed by atoms with van der Waals surface area (Å²) in [7, 11) is 0. The molecule has 1 heterocycles. The van der Waals surface area contributed by atoms with Gasteiger partial charge in [-0.25, -0.2) is 0 Å². The van der Waals surface area contributed by atoms with E-state index in [1.54, 1.807) is 6.20 Å². The van der Waals surface area contributed by atoms with Crippen LogP contribution in [0.3, 0.4) is 0 Å². The Morgan fingerprint density at radius 1 is 1.33 bits per heavy atom. The van der Waals surface area contributed by atoms with Crippen LogP contribution in [0.25, 0.3) is 0 Å². The van der Waals surface area contributed by atoms with E-state index in [1.165, 1.54) is 38.5 Å². The Bertz CT molecular complexity index is 487. The minimum atomic E-state index is 0.127. The Morgan fingerprint density at radius 2 is 1.95 bits per heavy atom. The fraction of sp³-hybridized carbons (Fsp3) is 0.765. The fourth-order valence-electron chi connectivity index (χ4n) is 5.71. The van der Waals surface area contributed by atoms with Gasteiger partial charge in [-0.2, -0.15) is 5.10 Å². The quantitative estimate of drug-likeness (QED) is 0.894. The van der Waals surface area contributed by atoms with Gasteiger partial charge in [0.05, 0.1) is 6.42 Å². The minimum absolute atomic E-state index is 0.127. The van der Waals surface area contributed by atoms with Crippen LogP contribution in [0.5, 0.6) is 0 Å². The highest BCUT2D eigenvalue weighted by Crippen LogP contribution is 2.61. The average Bonchev–Trinajstić information content (AvgIpc) is 2.89. The third-order valence-electron chi connectivity index (χ3n) is 6.29. The molecule has 0 aromatic carbocycles. The molecule has 1 atom stereocenters. The zero-order valence-corrected chi connectivity index (χ0v) is 12.8. The van der Waals surface area contributed by atoms with Gasteiger partial charge in [0.2, 0.25) is 5.91 Å². The first-order valence-electron chi connectivity index (χ1n) is 8.40. The lowest BCUT2D eigenvalue weighted by Crippen LogP contribution is -2.56. The summed E-state index contributed by atoms with van der Waals surface area (Å²) in [6.07, 6.45) is 10.5. The molecule has 21 heavy (non-hydrogen) atoms. The van der Waals surface area contributed by atoms with E-state index in [4.69, 9.17) is 0 Å². The summed E-state index contributed by atoms with van der Waals surface area (Å²) in [5.74, 6) is 2.93. The smallest absolute Gasteiger partial charge is 0.226 e. The predicted molar refractivity (Wildman–Crippen MR) is 80.5 cm³/mol. The molecule has 4 fully saturated rings. The van der Waals surface area contributed by atoms with E-state index in [0.717, 1.165) is 23.4 Å². The summed E-state index contributed by atoms with van der Waals surface area (Å²) in [5.41, 5.74) is 1.28. The largest absolute Gasteiger partial charge is 0.353 e. The van der Waals surface area contributed by atoms with Crippen LogP contribution in [-0.2, 0) is 11.2 Å². The zero-order valence-electron chi connectivity index (χ0n) is 12.8. The molecule has 4 saturated carbocycles. The van der Waals surface area contributed by atoms with Crippen molar-refractivity contribution in [3.05, 3.63) is 18.0 Å². The van der Waals surface area contributed by atoms with Crippen LogP contribution in [0.1, 0.15) is 51.1 Å². The topological polar surface area (TPSA) is 57.8 Å². The molecule has 0 radical (unpaired) electrons. The number of H-pyrrole nitrogens is 1. The number of hydrogen-bond donors (Lipinski definition) is 2. The maximum Gasteiger partial charge on any atom is 0.226 e. The third-order valence-corrected chi connectivity index (χ3v) is 6.29. The van der Waals surface area contributed by atoms with E-state index in [0.29, 0.717) is 17.9 Å². The summed E-state index contributed by atoms with van der Waals surface area (Å²) in [4.78, 5) is 12.3. The number of nitrogens with zero attached hydrogens (tertiary/aromatic N) is 1. The number of nitrogens with one attached hydrogen (secondary N) is 2. The van der Waals surface area contributed by atoms with Crippen LogP contribution in [-0.4, -0.2) is 22.1 Å². The predicted octanol–water partition coefficient (Wildman–Crippen LogP) is 2.67. The van der Waals surface area contributed by atoms with Crippen molar-refractivity contribution in [2.45, 2.75) is 57.9 Å². The Morgan fingerprint density at radius 3 is 2.48 bits per heavy atom. The maximum absolute atomic E-state index is 12.3. The number of amides is 1. The minimum Gasteiger partial charge on any atom is -0.353 e. The van der Waals surface area contributed by atoms with E-state index >= 15 is 0 Å². The zero-order chi connectivity index (χ0) is 14.4. The van der Waals surface area contributed by atoms with Gasteiger partial charge < -0.3 is 5.32 Å². The van der Waals surface area contributed by atoms with Gasteiger partial charge in [-0.3, -0.25) is 9.89 Å². The summed E-state index contributed by atoms with van der Waals surface area (Å²) in [6, 6.07) is 2.18. The second-order valence-electron chi connectivity index (χ2n) is 7.83. The molecule has 4 aliphatic rings. The van der Waals surface area contributed by atoms with E-state index in [-0.39, 0.29) is 5.91 Å². The summed E-state index contributed by atoms with van der Waals surface area (Å²) in [6.45, 7) is 2.23. The monoisotopic (exact) mass is 287 g/mol. The molecule has 4 bridgehead atoms. The van der Waals surface area contributed by atoms with Gasteiger partial charge in [0.15, 0.2) is 0 Å². The van der Waals surface area contributed by atoms with E-state index in [2.05, 4.69) is 22.4 Å². The molecule has 4 aliphatic carbocycles. The van der Waals surface area contributed by atoms with Crippen LogP contribution in [0, 0.1) is 23.2 Å². The normalized spacial score (nSPS) is 38.4. The summed E-state index contributed by atoms with van der Waals surface area (Å²) >= 11 is 0. The van der Waals surface area contributed by atoms with E-state index < -0.39 is 0 Å². The first-order chi connectivity index (χ1) is 10.1. The van der Waals surface area contributed by atoms with Crippen molar-refractivity contribution in [3.8, 4) is 0 Å². The number of carbonyl (C=O) groups excluding carboxylic acids is 1. The SMILES string of the molecule is CC(NC(=O)Cc1ccn[nH]1)C12CC3CC(CC(C3)C1)C2. The van der Waals surface area contributed by atoms with E-state index in [1.807, 2.05) is 6.07 Å². The number of rotatable bonds is 4. The van der Waals surface area contributed by atoms with Gasteiger partial charge in [-0.15, -0.1) is 0 Å². The molecule has 0 aliphatic heterocycles. The van der Waals surface area contributed by atoms with Crippen LogP contribution >= 0.6 is 0 Å². The molecule has 2 N–H and O–H groups in total. The van der Waals surface area contributed by atoms with Gasteiger partial charge in [0.1, 0.15) is 0 Å². The molecule has 0 saturated heterocycles. The highest BCUT2D eigenvalue weighted by Gasteiger charge is 2.53. The highest BCUT2D eigenvalue weighted by atomic mass is 16.1. The van der Waals surface area contributed by atoms with Crippen LogP contribution in [0.2, 0.25) is 0 Å². The molecule has 4 nitrogen and oxygen atoms in total. The van der Waals surface area contributed by atoms with Crippen molar-refractivity contribution in [2.75, 3.05) is 0 Å². The molecule has 1 unspecified atom stereocenters. The van der Waals surface area contributed by atoms with E-state index in [9.17, 15) is 4.79 Å². The molecule has 4 heteroatoms. The van der Waals surface area contributed by atoms with Crippen molar-refractivity contribution >= 4 is 5.91 Å². The molecular formula is C17H25N3O.